The first kappa shape index (κ1) is 30.5. The Morgan fingerprint density at radius 1 is 1.07 bits per heavy atom. The molecular weight excluding hydrogens is 518 g/mol. The first-order valence-electron chi connectivity index (χ1n) is 13.4. The van der Waals surface area contributed by atoms with Gasteiger partial charge in [-0.25, -0.2) is 19.4 Å². The number of hydrogen-bond acceptors (Lipinski definition) is 7. The van der Waals surface area contributed by atoms with Gasteiger partial charge in [0, 0.05) is 30.3 Å². The number of aromatic amines is 1. The van der Waals surface area contributed by atoms with E-state index in [0.717, 1.165) is 19.3 Å². The highest BCUT2D eigenvalue weighted by Crippen LogP contribution is 2.32. The SMILES string of the molecule is COc1cccc(OC)c1C(=O)Nc1[nH]c(=O)ncc1CC(NC(=O)N1C(C(C)C)CCCC1C(C)C)C(=O)O. The van der Waals surface area contributed by atoms with Gasteiger partial charge in [-0.15, -0.1) is 0 Å². The van der Waals surface area contributed by atoms with Crippen LogP contribution in [0.1, 0.15) is 62.9 Å². The number of amides is 3. The fraction of sp³-hybridized carbons (Fsp3) is 0.536. The second kappa shape index (κ2) is 13.3. The molecule has 1 fully saturated rings. The third-order valence-corrected chi connectivity index (χ3v) is 7.29. The Morgan fingerprint density at radius 2 is 1.65 bits per heavy atom. The maximum atomic E-state index is 13.6. The van der Waals surface area contributed by atoms with E-state index in [0.29, 0.717) is 0 Å². The molecule has 3 unspecified atom stereocenters. The van der Waals surface area contributed by atoms with Crippen LogP contribution in [0.3, 0.4) is 0 Å². The quantitative estimate of drug-likeness (QED) is 0.346. The number of piperidine rings is 1. The summed E-state index contributed by atoms with van der Waals surface area (Å²) in [4.78, 5) is 59.1. The van der Waals surface area contributed by atoms with E-state index in [1.165, 1.54) is 20.4 Å². The Labute approximate surface area is 233 Å². The fourth-order valence-corrected chi connectivity index (χ4v) is 5.25. The number of ether oxygens (including phenoxy) is 2. The van der Waals surface area contributed by atoms with Crippen molar-refractivity contribution < 1.29 is 29.0 Å². The Hall–Kier alpha value is -4.09. The van der Waals surface area contributed by atoms with Crippen LogP contribution in [0.4, 0.5) is 10.6 Å². The predicted octanol–water partition coefficient (Wildman–Crippen LogP) is 3.28. The second-order valence-corrected chi connectivity index (χ2v) is 10.6. The van der Waals surface area contributed by atoms with Crippen molar-refractivity contribution in [3.63, 3.8) is 0 Å². The predicted molar refractivity (Wildman–Crippen MR) is 149 cm³/mol. The van der Waals surface area contributed by atoms with E-state index in [1.807, 2.05) is 0 Å². The van der Waals surface area contributed by atoms with Crippen LogP contribution in [0.15, 0.2) is 29.2 Å². The highest BCUT2D eigenvalue weighted by molar-refractivity contribution is 6.08. The molecule has 2 aromatic rings. The Kier molecular flexibility index (Phi) is 10.1. The summed E-state index contributed by atoms with van der Waals surface area (Å²) in [6.07, 6.45) is 3.64. The molecule has 0 bridgehead atoms. The number of rotatable bonds is 10. The van der Waals surface area contributed by atoms with Gasteiger partial charge in [-0.05, 0) is 43.2 Å². The molecule has 3 atom stereocenters. The van der Waals surface area contributed by atoms with Crippen molar-refractivity contribution in [1.82, 2.24) is 20.2 Å². The van der Waals surface area contributed by atoms with Crippen molar-refractivity contribution in [3.05, 3.63) is 46.0 Å². The number of H-pyrrole nitrogens is 1. The highest BCUT2D eigenvalue weighted by atomic mass is 16.5. The van der Waals surface area contributed by atoms with Crippen molar-refractivity contribution >= 4 is 23.7 Å². The van der Waals surface area contributed by atoms with E-state index >= 15 is 0 Å². The number of carbonyl (C=O) groups excluding carboxylic acids is 2. The van der Waals surface area contributed by atoms with Crippen molar-refractivity contribution in [1.29, 1.82) is 0 Å². The number of methoxy groups -OCH3 is 2. The van der Waals surface area contributed by atoms with Crippen LogP contribution in [0.25, 0.3) is 0 Å². The molecule has 4 N–H and O–H groups in total. The summed E-state index contributed by atoms with van der Waals surface area (Å²) in [5, 5.41) is 15.3. The van der Waals surface area contributed by atoms with E-state index < -0.39 is 29.6 Å². The van der Waals surface area contributed by atoms with Gasteiger partial charge in [-0.1, -0.05) is 33.8 Å². The largest absolute Gasteiger partial charge is 0.496 e. The first-order chi connectivity index (χ1) is 19.0. The van der Waals surface area contributed by atoms with Crippen molar-refractivity contribution in [2.45, 2.75) is 71.5 Å². The van der Waals surface area contributed by atoms with Gasteiger partial charge < -0.3 is 30.1 Å². The van der Waals surface area contributed by atoms with Gasteiger partial charge in [0.25, 0.3) is 5.91 Å². The van der Waals surface area contributed by atoms with Crippen molar-refractivity contribution in [2.75, 3.05) is 19.5 Å². The average molecular weight is 558 g/mol. The number of nitrogens with zero attached hydrogens (tertiary/aromatic N) is 2. The van der Waals surface area contributed by atoms with Gasteiger partial charge in [-0.2, -0.15) is 0 Å². The molecule has 0 radical (unpaired) electrons. The van der Waals surface area contributed by atoms with Gasteiger partial charge in [-0.3, -0.25) is 9.78 Å². The second-order valence-electron chi connectivity index (χ2n) is 10.6. The minimum absolute atomic E-state index is 0.0176. The molecule has 218 valence electrons. The van der Waals surface area contributed by atoms with Crippen molar-refractivity contribution in [2.24, 2.45) is 11.8 Å². The molecule has 1 saturated heterocycles. The standard InChI is InChI=1S/C28H39N5O7/c1-15(2)19-9-7-10-20(16(3)4)33(19)28(38)30-18(26(35)36)13-17-14-29-27(37)32-24(17)31-25(34)23-21(39-5)11-8-12-22(23)40-6/h8,11-12,14-16,18-20H,7,9-10,13H2,1-6H3,(H,30,38)(H,35,36)(H2,29,31,32,34,37). The number of carbonyl (C=O) groups is 3. The zero-order valence-electron chi connectivity index (χ0n) is 23.8. The summed E-state index contributed by atoms with van der Waals surface area (Å²) < 4.78 is 10.6. The van der Waals surface area contributed by atoms with Crippen molar-refractivity contribution in [3.8, 4) is 11.5 Å². The van der Waals surface area contributed by atoms with Gasteiger partial charge in [0.2, 0.25) is 0 Å². The number of carboxylic acid groups (broad SMARTS) is 1. The third kappa shape index (κ3) is 6.91. The summed E-state index contributed by atoms with van der Waals surface area (Å²) in [7, 11) is 2.81. The molecule has 0 saturated carbocycles. The summed E-state index contributed by atoms with van der Waals surface area (Å²) in [6, 6.07) is 2.99. The van der Waals surface area contributed by atoms with Crippen LogP contribution in [0.2, 0.25) is 0 Å². The summed E-state index contributed by atoms with van der Waals surface area (Å²) >= 11 is 0. The van der Waals surface area contributed by atoms with Crippen LogP contribution < -0.4 is 25.8 Å². The lowest BCUT2D eigenvalue weighted by atomic mass is 9.85. The van der Waals surface area contributed by atoms with Gasteiger partial charge in [0.05, 0.1) is 14.2 Å². The lowest BCUT2D eigenvalue weighted by Crippen LogP contribution is -2.59. The third-order valence-electron chi connectivity index (χ3n) is 7.29. The number of urea groups is 1. The Balaban J connectivity index is 1.89. The maximum absolute atomic E-state index is 13.6. The van der Waals surface area contributed by atoms with Gasteiger partial charge in [0.15, 0.2) is 0 Å². The Morgan fingerprint density at radius 3 is 2.15 bits per heavy atom. The molecule has 40 heavy (non-hydrogen) atoms. The molecular formula is C28H39N5O7. The van der Waals surface area contributed by atoms with Crippen LogP contribution in [0, 0.1) is 11.8 Å². The molecule has 12 nitrogen and oxygen atoms in total. The maximum Gasteiger partial charge on any atom is 0.346 e. The molecule has 2 heterocycles. The zero-order valence-corrected chi connectivity index (χ0v) is 23.8. The zero-order chi connectivity index (χ0) is 29.6. The lowest BCUT2D eigenvalue weighted by Gasteiger charge is -2.46. The van der Waals surface area contributed by atoms with Crippen LogP contribution >= 0.6 is 0 Å². The van der Waals surface area contributed by atoms with E-state index in [4.69, 9.17) is 9.47 Å². The monoisotopic (exact) mass is 557 g/mol. The molecule has 1 aliphatic rings. The molecule has 0 spiro atoms. The number of hydrogen-bond donors (Lipinski definition) is 4. The van der Waals surface area contributed by atoms with Gasteiger partial charge in [0.1, 0.15) is 28.9 Å². The summed E-state index contributed by atoms with van der Waals surface area (Å²) in [5.41, 5.74) is -0.437. The van der Waals surface area contributed by atoms with Crippen LogP contribution in [0.5, 0.6) is 11.5 Å². The number of likely N-dealkylation sites (tertiary alicyclic amines) is 1. The molecule has 1 aromatic carbocycles. The number of nitrogens with one attached hydrogen (secondary N) is 3. The highest BCUT2D eigenvalue weighted by Gasteiger charge is 2.38. The molecule has 1 aliphatic heterocycles. The fourth-order valence-electron chi connectivity index (χ4n) is 5.25. The average Bonchev–Trinajstić information content (AvgIpc) is 2.92. The van der Waals surface area contributed by atoms with Crippen LogP contribution in [-0.2, 0) is 11.2 Å². The van der Waals surface area contributed by atoms with E-state index in [9.17, 15) is 24.3 Å². The van der Waals surface area contributed by atoms with Crippen LogP contribution in [-0.4, -0.2) is 70.2 Å². The number of carboxylic acids is 1. The normalized spacial score (nSPS) is 17.9. The van der Waals surface area contributed by atoms with E-state index in [1.54, 1.807) is 23.1 Å². The molecule has 3 rings (SSSR count). The van der Waals surface area contributed by atoms with E-state index in [-0.39, 0.29) is 58.8 Å². The smallest absolute Gasteiger partial charge is 0.346 e. The number of aromatic nitrogens is 2. The summed E-state index contributed by atoms with van der Waals surface area (Å²) in [6.45, 7) is 8.22. The first-order valence-corrected chi connectivity index (χ1v) is 13.4. The molecule has 0 aliphatic carbocycles. The minimum atomic E-state index is -1.35. The minimum Gasteiger partial charge on any atom is -0.496 e. The van der Waals surface area contributed by atoms with E-state index in [2.05, 4.69) is 48.3 Å². The van der Waals surface area contributed by atoms with Gasteiger partial charge >= 0.3 is 17.7 Å². The molecule has 12 heteroatoms. The molecule has 1 aromatic heterocycles. The number of benzene rings is 1. The molecule has 3 amide bonds. The number of anilines is 1. The lowest BCUT2D eigenvalue weighted by molar-refractivity contribution is -0.139. The topological polar surface area (TPSA) is 163 Å². The Bertz CT molecular complexity index is 1240. The summed E-state index contributed by atoms with van der Waals surface area (Å²) in [5.74, 6) is -1.07. The number of aliphatic carboxylic acids is 1.